The molecule has 0 aromatic heterocycles. The van der Waals surface area contributed by atoms with Crippen LogP contribution in [-0.2, 0) is 0 Å². The molecule has 1 aliphatic carbocycles. The first kappa shape index (κ1) is 7.17. The number of alkyl halides is 2. The van der Waals surface area contributed by atoms with Gasteiger partial charge >= 0.3 is 0 Å². The van der Waals surface area contributed by atoms with E-state index in [0.717, 1.165) is 6.54 Å². The van der Waals surface area contributed by atoms with E-state index in [-0.39, 0.29) is 18.6 Å². The number of nitrogens with one attached hydrogen (secondary N) is 1. The normalized spacial score (nSPS) is 48.9. The van der Waals surface area contributed by atoms with Crippen molar-refractivity contribution in [2.45, 2.75) is 10.4 Å². The van der Waals surface area contributed by atoms with Crippen molar-refractivity contribution in [3.63, 3.8) is 0 Å². The molecule has 0 aromatic carbocycles. The number of aliphatic hydroxyl groups is 1. The summed E-state index contributed by atoms with van der Waals surface area (Å²) in [5, 5.41) is 12.0. The lowest BCUT2D eigenvalue weighted by Crippen LogP contribution is -2.33. The predicted octanol–water partition coefficient (Wildman–Crippen LogP) is 0.370. The van der Waals surface area contributed by atoms with Gasteiger partial charge in [-0.1, -0.05) is 0 Å². The third-order valence-corrected chi connectivity index (χ3v) is 3.56. The minimum atomic E-state index is -0.543. The minimum Gasteiger partial charge on any atom is -0.395 e. The van der Waals surface area contributed by atoms with Gasteiger partial charge in [-0.05, 0) is 0 Å². The molecule has 58 valence electrons. The lowest BCUT2D eigenvalue weighted by molar-refractivity contribution is 0.241. The third kappa shape index (κ3) is 0.735. The fraction of sp³-hybridized carbons (Fsp3) is 1.00. The highest BCUT2D eigenvalue weighted by atomic mass is 35.5. The van der Waals surface area contributed by atoms with Crippen LogP contribution in [0.5, 0.6) is 0 Å². The molecule has 0 bridgehead atoms. The maximum absolute atomic E-state index is 8.82. The van der Waals surface area contributed by atoms with Gasteiger partial charge in [0.05, 0.1) is 6.61 Å². The Morgan fingerprint density at radius 1 is 1.60 bits per heavy atom. The average Bonchev–Trinajstić information content (AvgIpc) is 2.28. The first-order valence-corrected chi connectivity index (χ1v) is 4.15. The molecule has 4 heteroatoms. The van der Waals surface area contributed by atoms with Crippen LogP contribution in [0.15, 0.2) is 0 Å². The van der Waals surface area contributed by atoms with Gasteiger partial charge in [0.15, 0.2) is 0 Å². The van der Waals surface area contributed by atoms with E-state index in [1.165, 1.54) is 0 Å². The lowest BCUT2D eigenvalue weighted by atomic mass is 10.2. The highest BCUT2D eigenvalue weighted by Gasteiger charge is 2.68. The van der Waals surface area contributed by atoms with E-state index in [4.69, 9.17) is 28.3 Å². The van der Waals surface area contributed by atoms with Gasteiger partial charge in [0.2, 0.25) is 0 Å². The molecular weight excluding hydrogens is 173 g/mol. The Balaban J connectivity index is 2.07. The van der Waals surface area contributed by atoms with Crippen molar-refractivity contribution in [3.8, 4) is 0 Å². The van der Waals surface area contributed by atoms with Gasteiger partial charge < -0.3 is 10.4 Å². The molecule has 3 atom stereocenters. The number of halogens is 2. The molecule has 0 amide bonds. The fourth-order valence-corrected chi connectivity index (χ4v) is 2.72. The molecule has 2 fully saturated rings. The van der Waals surface area contributed by atoms with Crippen molar-refractivity contribution < 1.29 is 5.11 Å². The van der Waals surface area contributed by atoms with E-state index in [2.05, 4.69) is 5.32 Å². The number of hydrogen-bond acceptors (Lipinski definition) is 2. The molecule has 0 aromatic rings. The van der Waals surface area contributed by atoms with Crippen LogP contribution in [0, 0.1) is 11.8 Å². The van der Waals surface area contributed by atoms with E-state index in [1.807, 2.05) is 0 Å². The van der Waals surface area contributed by atoms with Gasteiger partial charge in [0.25, 0.3) is 0 Å². The average molecular weight is 182 g/mol. The van der Waals surface area contributed by atoms with Crippen molar-refractivity contribution >= 4 is 23.2 Å². The Bertz CT molecular complexity index is 162. The first-order valence-electron chi connectivity index (χ1n) is 3.40. The summed E-state index contributed by atoms with van der Waals surface area (Å²) in [7, 11) is 0. The van der Waals surface area contributed by atoms with Crippen LogP contribution >= 0.6 is 23.2 Å². The molecule has 0 spiro atoms. The van der Waals surface area contributed by atoms with Crippen LogP contribution in [-0.4, -0.2) is 28.6 Å². The molecular formula is C6H9Cl2NO. The Morgan fingerprint density at radius 3 is 2.60 bits per heavy atom. The molecule has 2 nitrogen and oxygen atoms in total. The standard InChI is InChI=1S/C6H9Cl2NO/c7-6(8)3-1-9-4(2-10)5(3)6/h3-5,9-10H,1-2H2/t3-,4+,5-/m0/s1. The van der Waals surface area contributed by atoms with Gasteiger partial charge in [-0.3, -0.25) is 0 Å². The minimum absolute atomic E-state index is 0.125. The van der Waals surface area contributed by atoms with Crippen molar-refractivity contribution in [2.75, 3.05) is 13.2 Å². The summed E-state index contributed by atoms with van der Waals surface area (Å²) in [5.41, 5.74) is 0. The molecule has 1 heterocycles. The largest absolute Gasteiger partial charge is 0.395 e. The highest BCUT2D eigenvalue weighted by molar-refractivity contribution is 6.51. The Hall–Kier alpha value is 0.500. The van der Waals surface area contributed by atoms with Crippen LogP contribution in [0.25, 0.3) is 0 Å². The molecule has 1 saturated heterocycles. The second-order valence-electron chi connectivity index (χ2n) is 3.00. The van der Waals surface area contributed by atoms with Crippen molar-refractivity contribution in [2.24, 2.45) is 11.8 Å². The summed E-state index contributed by atoms with van der Waals surface area (Å²) in [6.07, 6.45) is 0. The Morgan fingerprint density at radius 2 is 2.30 bits per heavy atom. The summed E-state index contributed by atoms with van der Waals surface area (Å²) in [4.78, 5) is 0. The monoisotopic (exact) mass is 181 g/mol. The maximum Gasteiger partial charge on any atom is 0.127 e. The quantitative estimate of drug-likeness (QED) is 0.574. The zero-order valence-electron chi connectivity index (χ0n) is 5.35. The third-order valence-electron chi connectivity index (χ3n) is 2.49. The van der Waals surface area contributed by atoms with E-state index in [9.17, 15) is 0 Å². The maximum atomic E-state index is 8.82. The van der Waals surface area contributed by atoms with Crippen molar-refractivity contribution in [1.82, 2.24) is 5.32 Å². The second-order valence-corrected chi connectivity index (χ2v) is 4.45. The molecule has 1 aliphatic heterocycles. The predicted molar refractivity (Wildman–Crippen MR) is 40.3 cm³/mol. The van der Waals surface area contributed by atoms with Crippen LogP contribution in [0.1, 0.15) is 0 Å². The number of piperidine rings is 1. The van der Waals surface area contributed by atoms with Gasteiger partial charge in [0, 0.05) is 24.4 Å². The van der Waals surface area contributed by atoms with Crippen molar-refractivity contribution in [1.29, 1.82) is 0 Å². The summed E-state index contributed by atoms with van der Waals surface area (Å²) in [5.74, 6) is 0.647. The Kier molecular flexibility index (Phi) is 1.44. The smallest absolute Gasteiger partial charge is 0.127 e. The molecule has 2 N–H and O–H groups in total. The lowest BCUT2D eigenvalue weighted by Gasteiger charge is -2.12. The SMILES string of the molecule is OC[C@H]1NC[C@H]2[C@@H]1C2(Cl)Cl. The van der Waals surface area contributed by atoms with Gasteiger partial charge in [-0.15, -0.1) is 23.2 Å². The Labute approximate surface area is 69.5 Å². The fourth-order valence-electron chi connectivity index (χ4n) is 1.81. The topological polar surface area (TPSA) is 32.3 Å². The number of fused-ring (bicyclic) bond motifs is 1. The molecule has 0 unspecified atom stereocenters. The van der Waals surface area contributed by atoms with Crippen LogP contribution in [0.3, 0.4) is 0 Å². The second kappa shape index (κ2) is 2.01. The molecule has 10 heavy (non-hydrogen) atoms. The highest BCUT2D eigenvalue weighted by Crippen LogP contribution is 2.62. The summed E-state index contributed by atoms with van der Waals surface area (Å²) >= 11 is 11.8. The van der Waals surface area contributed by atoms with Gasteiger partial charge in [-0.2, -0.15) is 0 Å². The molecule has 0 radical (unpaired) electrons. The van der Waals surface area contributed by atoms with E-state index >= 15 is 0 Å². The number of aliphatic hydroxyl groups excluding tert-OH is 1. The first-order chi connectivity index (χ1) is 4.68. The van der Waals surface area contributed by atoms with Gasteiger partial charge in [0.1, 0.15) is 4.33 Å². The molecule has 1 saturated carbocycles. The van der Waals surface area contributed by atoms with Crippen LogP contribution in [0.2, 0.25) is 0 Å². The molecule has 2 rings (SSSR count). The van der Waals surface area contributed by atoms with Gasteiger partial charge in [-0.25, -0.2) is 0 Å². The summed E-state index contributed by atoms with van der Waals surface area (Å²) in [6.45, 7) is 0.991. The van der Waals surface area contributed by atoms with E-state index < -0.39 is 4.33 Å². The van der Waals surface area contributed by atoms with E-state index in [1.54, 1.807) is 0 Å². The summed E-state index contributed by atoms with van der Waals surface area (Å²) in [6, 6.07) is 0.125. The van der Waals surface area contributed by atoms with Crippen LogP contribution < -0.4 is 5.32 Å². The number of hydrogen-bond donors (Lipinski definition) is 2. The summed E-state index contributed by atoms with van der Waals surface area (Å²) < 4.78 is -0.543. The molecule has 2 aliphatic rings. The zero-order valence-corrected chi connectivity index (χ0v) is 6.86. The zero-order chi connectivity index (χ0) is 7.35. The van der Waals surface area contributed by atoms with Crippen molar-refractivity contribution in [3.05, 3.63) is 0 Å². The van der Waals surface area contributed by atoms with E-state index in [0.29, 0.717) is 5.92 Å². The van der Waals surface area contributed by atoms with Crippen LogP contribution in [0.4, 0.5) is 0 Å². The number of rotatable bonds is 1.